The van der Waals surface area contributed by atoms with Crippen LogP contribution in [0.2, 0.25) is 0 Å². The Balaban J connectivity index is 2.59. The molecule has 1 aliphatic carbocycles. The summed E-state index contributed by atoms with van der Waals surface area (Å²) in [6.07, 6.45) is 6.09. The van der Waals surface area contributed by atoms with E-state index in [1.165, 1.54) is 31.4 Å². The lowest BCUT2D eigenvalue weighted by molar-refractivity contribution is -0.134. The molecule has 0 unspecified atom stereocenters. The van der Waals surface area contributed by atoms with Gasteiger partial charge in [0.2, 0.25) is 0 Å². The second-order valence-electron chi connectivity index (χ2n) is 8.87. The SMILES string of the molecule is COC(=O)/C=C\[C@@H](C1CCCCC1)N(C(=O)OC(C)(C)C)S(=O)(=O)c1ccc(C)cc1. The highest BCUT2D eigenvalue weighted by Crippen LogP contribution is 2.33. The van der Waals surface area contributed by atoms with Gasteiger partial charge in [0.15, 0.2) is 0 Å². The number of sulfonamides is 1. The van der Waals surface area contributed by atoms with Crippen LogP contribution >= 0.6 is 0 Å². The largest absolute Gasteiger partial charge is 0.466 e. The van der Waals surface area contributed by atoms with Gasteiger partial charge in [-0.05, 0) is 58.6 Å². The molecule has 0 saturated heterocycles. The van der Waals surface area contributed by atoms with Crippen LogP contribution in [0.25, 0.3) is 0 Å². The van der Waals surface area contributed by atoms with E-state index in [-0.39, 0.29) is 10.8 Å². The maximum atomic E-state index is 13.6. The van der Waals surface area contributed by atoms with Crippen molar-refractivity contribution in [3.8, 4) is 0 Å². The molecule has 0 spiro atoms. The fourth-order valence-corrected chi connectivity index (χ4v) is 5.16. The number of rotatable bonds is 6. The monoisotopic (exact) mass is 451 g/mol. The Bertz CT molecular complexity index is 893. The van der Waals surface area contributed by atoms with Crippen LogP contribution < -0.4 is 0 Å². The second-order valence-corrected chi connectivity index (χ2v) is 10.7. The molecule has 1 aromatic rings. The fourth-order valence-electron chi connectivity index (χ4n) is 3.66. The van der Waals surface area contributed by atoms with Crippen molar-refractivity contribution in [2.24, 2.45) is 5.92 Å². The first-order chi connectivity index (χ1) is 14.5. The highest BCUT2D eigenvalue weighted by molar-refractivity contribution is 7.89. The molecule has 31 heavy (non-hydrogen) atoms. The van der Waals surface area contributed by atoms with Gasteiger partial charge in [0, 0.05) is 6.08 Å². The van der Waals surface area contributed by atoms with Crippen molar-refractivity contribution in [2.45, 2.75) is 76.3 Å². The first kappa shape index (κ1) is 24.9. The first-order valence-corrected chi connectivity index (χ1v) is 12.0. The molecule has 0 heterocycles. The van der Waals surface area contributed by atoms with E-state index in [0.717, 1.165) is 42.0 Å². The minimum Gasteiger partial charge on any atom is -0.466 e. The molecule has 172 valence electrons. The standard InChI is InChI=1S/C23H33NO6S/c1-17-11-13-19(14-12-17)31(27,28)24(22(26)30-23(2,3)4)20(15-16-21(25)29-5)18-9-7-6-8-10-18/h11-16,18,20H,6-10H2,1-5H3/b16-15-/t20-/m0/s1. The molecule has 0 aliphatic heterocycles. The van der Waals surface area contributed by atoms with E-state index >= 15 is 0 Å². The van der Waals surface area contributed by atoms with E-state index in [1.807, 2.05) is 6.92 Å². The zero-order chi connectivity index (χ0) is 23.2. The number of ether oxygens (including phenoxy) is 2. The molecular formula is C23H33NO6S. The van der Waals surface area contributed by atoms with E-state index in [0.29, 0.717) is 0 Å². The first-order valence-electron chi connectivity index (χ1n) is 10.6. The number of hydrogen-bond donors (Lipinski definition) is 0. The Labute approximate surface area is 185 Å². The number of carbonyl (C=O) groups is 2. The lowest BCUT2D eigenvalue weighted by Crippen LogP contribution is -2.49. The maximum absolute atomic E-state index is 13.6. The minimum atomic E-state index is -4.24. The van der Waals surface area contributed by atoms with Gasteiger partial charge in [-0.25, -0.2) is 18.0 Å². The molecule has 0 N–H and O–H groups in total. The Morgan fingerprint density at radius 3 is 2.19 bits per heavy atom. The molecule has 1 aromatic carbocycles. The topological polar surface area (TPSA) is 90.0 Å². The van der Waals surface area contributed by atoms with Gasteiger partial charge in [0.25, 0.3) is 10.0 Å². The van der Waals surface area contributed by atoms with Gasteiger partial charge in [-0.2, -0.15) is 4.31 Å². The van der Waals surface area contributed by atoms with Gasteiger partial charge in [-0.3, -0.25) is 0 Å². The molecule has 0 bridgehead atoms. The number of aryl methyl sites for hydroxylation is 1. The zero-order valence-corrected chi connectivity index (χ0v) is 19.8. The molecule has 1 aliphatic rings. The molecule has 0 radical (unpaired) electrons. The van der Waals surface area contributed by atoms with Gasteiger partial charge >= 0.3 is 12.1 Å². The highest BCUT2D eigenvalue weighted by Gasteiger charge is 2.41. The number of nitrogens with zero attached hydrogens (tertiary/aromatic N) is 1. The van der Waals surface area contributed by atoms with Gasteiger partial charge in [-0.15, -0.1) is 0 Å². The minimum absolute atomic E-state index is 0.00348. The summed E-state index contributed by atoms with van der Waals surface area (Å²) in [6, 6.07) is 5.45. The van der Waals surface area contributed by atoms with Crippen LogP contribution in [0.3, 0.4) is 0 Å². The molecule has 1 saturated carbocycles. The van der Waals surface area contributed by atoms with E-state index < -0.39 is 33.7 Å². The third-order valence-electron chi connectivity index (χ3n) is 5.19. The summed E-state index contributed by atoms with van der Waals surface area (Å²) < 4.78 is 38.3. The number of benzene rings is 1. The number of methoxy groups -OCH3 is 1. The van der Waals surface area contributed by atoms with Crippen LogP contribution in [0.15, 0.2) is 41.3 Å². The molecular weight excluding hydrogens is 418 g/mol. The third-order valence-corrected chi connectivity index (χ3v) is 6.96. The van der Waals surface area contributed by atoms with Gasteiger partial charge < -0.3 is 9.47 Å². The Hall–Kier alpha value is -2.35. The molecule has 0 aromatic heterocycles. The molecule has 1 fully saturated rings. The summed E-state index contributed by atoms with van der Waals surface area (Å²) in [7, 11) is -2.99. The smallest absolute Gasteiger partial charge is 0.424 e. The van der Waals surface area contributed by atoms with Crippen LogP contribution in [0.1, 0.15) is 58.4 Å². The summed E-state index contributed by atoms with van der Waals surface area (Å²) in [6.45, 7) is 6.90. The predicted octanol–water partition coefficient (Wildman–Crippen LogP) is 4.60. The average molecular weight is 452 g/mol. The van der Waals surface area contributed by atoms with Gasteiger partial charge in [-0.1, -0.05) is 43.0 Å². The molecule has 1 amide bonds. The molecule has 1 atom stereocenters. The number of amides is 1. The Kier molecular flexibility index (Phi) is 8.28. The van der Waals surface area contributed by atoms with Crippen LogP contribution in [0, 0.1) is 12.8 Å². The summed E-state index contributed by atoms with van der Waals surface area (Å²) >= 11 is 0. The average Bonchev–Trinajstić information content (AvgIpc) is 2.70. The molecule has 7 nitrogen and oxygen atoms in total. The van der Waals surface area contributed by atoms with Crippen LogP contribution in [0.4, 0.5) is 4.79 Å². The summed E-state index contributed by atoms with van der Waals surface area (Å²) in [5.41, 5.74) is 0.0126. The Morgan fingerprint density at radius 2 is 1.68 bits per heavy atom. The van der Waals surface area contributed by atoms with Crippen molar-refractivity contribution < 1.29 is 27.5 Å². The second kappa shape index (κ2) is 10.3. The van der Waals surface area contributed by atoms with Crippen molar-refractivity contribution in [3.63, 3.8) is 0 Å². The summed E-state index contributed by atoms with van der Waals surface area (Å²) in [5, 5.41) is 0. The lowest BCUT2D eigenvalue weighted by Gasteiger charge is -2.37. The van der Waals surface area contributed by atoms with Crippen LogP contribution in [-0.2, 0) is 24.3 Å². The number of esters is 1. The fraction of sp³-hybridized carbons (Fsp3) is 0.565. The maximum Gasteiger partial charge on any atom is 0.424 e. The van der Waals surface area contributed by atoms with E-state index in [1.54, 1.807) is 32.9 Å². The quantitative estimate of drug-likeness (QED) is 0.464. The van der Waals surface area contributed by atoms with Crippen molar-refractivity contribution in [2.75, 3.05) is 7.11 Å². The van der Waals surface area contributed by atoms with Crippen molar-refractivity contribution in [3.05, 3.63) is 42.0 Å². The summed E-state index contributed by atoms with van der Waals surface area (Å²) in [4.78, 5) is 25.0. The zero-order valence-electron chi connectivity index (χ0n) is 19.0. The Morgan fingerprint density at radius 1 is 1.10 bits per heavy atom. The van der Waals surface area contributed by atoms with E-state index in [4.69, 9.17) is 4.74 Å². The van der Waals surface area contributed by atoms with E-state index in [2.05, 4.69) is 4.74 Å². The highest BCUT2D eigenvalue weighted by atomic mass is 32.2. The van der Waals surface area contributed by atoms with Crippen molar-refractivity contribution in [1.29, 1.82) is 0 Å². The van der Waals surface area contributed by atoms with E-state index in [9.17, 15) is 18.0 Å². The van der Waals surface area contributed by atoms with Crippen molar-refractivity contribution in [1.82, 2.24) is 4.31 Å². The lowest BCUT2D eigenvalue weighted by atomic mass is 9.83. The summed E-state index contributed by atoms with van der Waals surface area (Å²) in [5.74, 6) is -0.736. The number of hydrogen-bond acceptors (Lipinski definition) is 6. The van der Waals surface area contributed by atoms with Gasteiger partial charge in [0.1, 0.15) is 5.60 Å². The van der Waals surface area contributed by atoms with Crippen molar-refractivity contribution >= 4 is 22.1 Å². The normalized spacial score (nSPS) is 16.7. The molecule has 2 rings (SSSR count). The third kappa shape index (κ3) is 6.82. The van der Waals surface area contributed by atoms with Crippen LogP contribution in [-0.4, -0.2) is 43.5 Å². The molecule has 8 heteroatoms. The van der Waals surface area contributed by atoms with Gasteiger partial charge in [0.05, 0.1) is 18.0 Å². The number of carbonyl (C=O) groups excluding carboxylic acids is 2. The van der Waals surface area contributed by atoms with Crippen LogP contribution in [0.5, 0.6) is 0 Å². The predicted molar refractivity (Wildman–Crippen MR) is 118 cm³/mol.